The van der Waals surface area contributed by atoms with Crippen LogP contribution < -0.4 is 9.47 Å². The van der Waals surface area contributed by atoms with Gasteiger partial charge in [0.05, 0.1) is 7.11 Å². The first kappa shape index (κ1) is 13.9. The van der Waals surface area contributed by atoms with Crippen LogP contribution in [0.3, 0.4) is 0 Å². The van der Waals surface area contributed by atoms with Crippen LogP contribution >= 0.6 is 15.9 Å². The van der Waals surface area contributed by atoms with Crippen molar-refractivity contribution in [2.24, 2.45) is 0 Å². The molecule has 0 spiro atoms. The molecule has 0 aliphatic carbocycles. The Morgan fingerprint density at radius 3 is 2.32 bits per heavy atom. The fourth-order valence-electron chi connectivity index (χ4n) is 1.66. The van der Waals surface area contributed by atoms with Crippen molar-refractivity contribution < 1.29 is 13.9 Å². The second kappa shape index (κ2) is 6.57. The monoisotopic (exact) mass is 324 g/mol. The Morgan fingerprint density at radius 2 is 1.68 bits per heavy atom. The third kappa shape index (κ3) is 3.70. The van der Waals surface area contributed by atoms with Gasteiger partial charge in [-0.25, -0.2) is 4.39 Å². The molecule has 2 aromatic carbocycles. The second-order valence-electron chi connectivity index (χ2n) is 4.03. The zero-order valence-electron chi connectivity index (χ0n) is 10.5. The molecule has 0 saturated heterocycles. The molecule has 0 heterocycles. The average Bonchev–Trinajstić information content (AvgIpc) is 2.46. The van der Waals surface area contributed by atoms with E-state index in [-0.39, 0.29) is 5.82 Å². The van der Waals surface area contributed by atoms with Gasteiger partial charge >= 0.3 is 0 Å². The summed E-state index contributed by atoms with van der Waals surface area (Å²) in [6.07, 6.45) is 0. The zero-order chi connectivity index (χ0) is 13.7. The smallest absolute Gasteiger partial charge is 0.161 e. The van der Waals surface area contributed by atoms with Crippen molar-refractivity contribution in [3.05, 3.63) is 59.4 Å². The van der Waals surface area contributed by atoms with Crippen molar-refractivity contribution in [1.82, 2.24) is 0 Å². The maximum atomic E-state index is 12.8. The molecule has 0 fully saturated rings. The first-order valence-electron chi connectivity index (χ1n) is 5.83. The molecule has 2 aromatic rings. The van der Waals surface area contributed by atoms with E-state index in [1.165, 1.54) is 12.1 Å². The van der Waals surface area contributed by atoms with Gasteiger partial charge in [0, 0.05) is 5.33 Å². The lowest BCUT2D eigenvalue weighted by Crippen LogP contribution is -1.98. The van der Waals surface area contributed by atoms with Crippen LogP contribution in [0.5, 0.6) is 11.5 Å². The Morgan fingerprint density at radius 1 is 1.00 bits per heavy atom. The number of hydrogen-bond acceptors (Lipinski definition) is 2. The van der Waals surface area contributed by atoms with Crippen molar-refractivity contribution in [3.8, 4) is 11.5 Å². The molecule has 2 nitrogen and oxygen atoms in total. The summed E-state index contributed by atoms with van der Waals surface area (Å²) < 4.78 is 23.8. The number of rotatable bonds is 5. The summed E-state index contributed by atoms with van der Waals surface area (Å²) >= 11 is 3.40. The number of methoxy groups -OCH3 is 1. The summed E-state index contributed by atoms with van der Waals surface area (Å²) in [5, 5.41) is 0.754. The molecule has 0 N–H and O–H groups in total. The Bertz CT molecular complexity index is 540. The van der Waals surface area contributed by atoms with Crippen molar-refractivity contribution >= 4 is 15.9 Å². The lowest BCUT2D eigenvalue weighted by atomic mass is 10.2. The first-order valence-corrected chi connectivity index (χ1v) is 6.95. The van der Waals surface area contributed by atoms with Gasteiger partial charge in [0.1, 0.15) is 12.4 Å². The number of ether oxygens (including phenoxy) is 2. The maximum Gasteiger partial charge on any atom is 0.161 e. The van der Waals surface area contributed by atoms with E-state index in [9.17, 15) is 4.39 Å². The van der Waals surface area contributed by atoms with Crippen LogP contribution in [0.2, 0.25) is 0 Å². The lowest BCUT2D eigenvalue weighted by molar-refractivity contribution is 0.284. The third-order valence-corrected chi connectivity index (χ3v) is 3.34. The highest BCUT2D eigenvalue weighted by atomic mass is 79.9. The topological polar surface area (TPSA) is 18.5 Å². The van der Waals surface area contributed by atoms with Crippen LogP contribution in [0, 0.1) is 5.82 Å². The molecule has 0 atom stereocenters. The van der Waals surface area contributed by atoms with Gasteiger partial charge in [-0.3, -0.25) is 0 Å². The average molecular weight is 325 g/mol. The summed E-state index contributed by atoms with van der Waals surface area (Å²) in [7, 11) is 1.61. The van der Waals surface area contributed by atoms with Crippen LogP contribution in [0.1, 0.15) is 11.1 Å². The van der Waals surface area contributed by atoms with Crippen LogP contribution in [0.4, 0.5) is 4.39 Å². The Kier molecular flexibility index (Phi) is 4.80. The van der Waals surface area contributed by atoms with Gasteiger partial charge in [0.15, 0.2) is 11.5 Å². The summed E-state index contributed by atoms with van der Waals surface area (Å²) in [5.41, 5.74) is 2.02. The molecular weight excluding hydrogens is 311 g/mol. The van der Waals surface area contributed by atoms with Gasteiger partial charge < -0.3 is 9.47 Å². The number of alkyl halides is 1. The first-order chi connectivity index (χ1) is 9.22. The minimum absolute atomic E-state index is 0.248. The van der Waals surface area contributed by atoms with E-state index in [0.29, 0.717) is 18.1 Å². The molecule has 0 aromatic heterocycles. The Hall–Kier alpha value is -1.55. The molecule has 19 heavy (non-hydrogen) atoms. The molecule has 0 amide bonds. The van der Waals surface area contributed by atoms with Crippen LogP contribution in [-0.2, 0) is 11.9 Å². The van der Waals surface area contributed by atoms with Gasteiger partial charge in [0.2, 0.25) is 0 Å². The summed E-state index contributed by atoms with van der Waals surface area (Å²) in [5.74, 6) is 1.12. The second-order valence-corrected chi connectivity index (χ2v) is 4.59. The van der Waals surface area contributed by atoms with Gasteiger partial charge in [-0.2, -0.15) is 0 Å². The highest BCUT2D eigenvalue weighted by Gasteiger charge is 2.06. The van der Waals surface area contributed by atoms with Crippen molar-refractivity contribution in [2.45, 2.75) is 11.9 Å². The minimum Gasteiger partial charge on any atom is -0.493 e. The number of benzene rings is 2. The molecule has 2 rings (SSSR count). The number of halogens is 2. The summed E-state index contributed by atoms with van der Waals surface area (Å²) in [6.45, 7) is 0.377. The molecule has 0 aliphatic heterocycles. The van der Waals surface area contributed by atoms with E-state index in [1.54, 1.807) is 19.2 Å². The molecule has 0 radical (unpaired) electrons. The van der Waals surface area contributed by atoms with E-state index in [0.717, 1.165) is 16.5 Å². The summed E-state index contributed by atoms with van der Waals surface area (Å²) in [4.78, 5) is 0. The van der Waals surface area contributed by atoms with E-state index in [4.69, 9.17) is 9.47 Å². The molecule has 100 valence electrons. The minimum atomic E-state index is -0.248. The molecular formula is C15H14BrFO2. The lowest BCUT2D eigenvalue weighted by Gasteiger charge is -2.11. The van der Waals surface area contributed by atoms with Crippen molar-refractivity contribution in [3.63, 3.8) is 0 Å². The molecule has 0 unspecified atom stereocenters. The van der Waals surface area contributed by atoms with E-state index < -0.39 is 0 Å². The SMILES string of the molecule is COc1ccc(CBr)cc1OCc1ccc(F)cc1. The van der Waals surface area contributed by atoms with Crippen molar-refractivity contribution in [2.75, 3.05) is 7.11 Å². The molecule has 0 aliphatic rings. The van der Waals surface area contributed by atoms with Crippen molar-refractivity contribution in [1.29, 1.82) is 0 Å². The van der Waals surface area contributed by atoms with Crippen LogP contribution in [-0.4, -0.2) is 7.11 Å². The highest BCUT2D eigenvalue weighted by Crippen LogP contribution is 2.29. The largest absolute Gasteiger partial charge is 0.493 e. The van der Waals surface area contributed by atoms with Gasteiger partial charge in [0.25, 0.3) is 0 Å². The van der Waals surface area contributed by atoms with Crippen LogP contribution in [0.25, 0.3) is 0 Å². The Labute approximate surface area is 120 Å². The van der Waals surface area contributed by atoms with Gasteiger partial charge in [-0.1, -0.05) is 34.1 Å². The van der Waals surface area contributed by atoms with E-state index in [2.05, 4.69) is 15.9 Å². The van der Waals surface area contributed by atoms with Crippen LogP contribution in [0.15, 0.2) is 42.5 Å². The Balaban J connectivity index is 2.11. The quantitative estimate of drug-likeness (QED) is 0.763. The standard InChI is InChI=1S/C15H14BrFO2/c1-18-14-7-4-12(9-16)8-15(14)19-10-11-2-5-13(17)6-3-11/h2-8H,9-10H2,1H3. The zero-order valence-corrected chi connectivity index (χ0v) is 12.1. The van der Waals surface area contributed by atoms with E-state index >= 15 is 0 Å². The maximum absolute atomic E-state index is 12.8. The molecule has 4 heteroatoms. The normalized spacial score (nSPS) is 10.3. The third-order valence-electron chi connectivity index (χ3n) is 2.69. The fraction of sp³-hybridized carbons (Fsp3) is 0.200. The van der Waals surface area contributed by atoms with Gasteiger partial charge in [-0.15, -0.1) is 0 Å². The predicted molar refractivity (Wildman–Crippen MR) is 76.4 cm³/mol. The van der Waals surface area contributed by atoms with Gasteiger partial charge in [-0.05, 0) is 35.4 Å². The predicted octanol–water partition coefficient (Wildman–Crippen LogP) is 4.31. The fourth-order valence-corrected chi connectivity index (χ4v) is 2.01. The number of hydrogen-bond donors (Lipinski definition) is 0. The highest BCUT2D eigenvalue weighted by molar-refractivity contribution is 9.08. The van der Waals surface area contributed by atoms with E-state index in [1.807, 2.05) is 18.2 Å². The molecule has 0 bridgehead atoms. The molecule has 0 saturated carbocycles. The summed E-state index contributed by atoms with van der Waals surface area (Å²) in [6, 6.07) is 12.0.